The lowest BCUT2D eigenvalue weighted by Crippen LogP contribution is -2.17. The van der Waals surface area contributed by atoms with Gasteiger partial charge in [-0.1, -0.05) is 149 Å². The van der Waals surface area contributed by atoms with Crippen molar-refractivity contribution in [2.75, 3.05) is 6.61 Å². The molecule has 0 fully saturated rings. The molecular formula is C35H68O3. The molecule has 0 saturated heterocycles. The Hall–Kier alpha value is -0.830. The molecule has 0 bridgehead atoms. The molecule has 3 heteroatoms. The number of carbonyl (C=O) groups excluding carboxylic acids is 1. The SMILES string of the molecule is CCCCCCCCCCC(CCO)CCCCC=CC(=O)OC(CCCCCCC)CCCCCCC. The van der Waals surface area contributed by atoms with Gasteiger partial charge in [0.2, 0.25) is 0 Å². The largest absolute Gasteiger partial charge is 0.459 e. The Bertz CT molecular complexity index is 487. The van der Waals surface area contributed by atoms with Gasteiger partial charge in [-0.2, -0.15) is 0 Å². The molecule has 0 aliphatic heterocycles. The van der Waals surface area contributed by atoms with Crippen LogP contribution in [-0.2, 0) is 9.53 Å². The molecule has 1 N–H and O–H groups in total. The quantitative estimate of drug-likeness (QED) is 0.0564. The zero-order valence-electron chi connectivity index (χ0n) is 26.2. The monoisotopic (exact) mass is 537 g/mol. The molecule has 0 radical (unpaired) electrons. The van der Waals surface area contributed by atoms with E-state index in [0.717, 1.165) is 32.1 Å². The number of unbranched alkanes of at least 4 members (excludes halogenated alkanes) is 17. The van der Waals surface area contributed by atoms with Crippen molar-refractivity contribution in [1.82, 2.24) is 0 Å². The predicted molar refractivity (Wildman–Crippen MR) is 167 cm³/mol. The molecule has 38 heavy (non-hydrogen) atoms. The van der Waals surface area contributed by atoms with Gasteiger partial charge in [0.05, 0.1) is 0 Å². The number of hydrogen-bond acceptors (Lipinski definition) is 3. The summed E-state index contributed by atoms with van der Waals surface area (Å²) in [5, 5.41) is 9.46. The van der Waals surface area contributed by atoms with Crippen molar-refractivity contribution in [1.29, 1.82) is 0 Å². The summed E-state index contributed by atoms with van der Waals surface area (Å²) in [6.45, 7) is 7.08. The third-order valence-electron chi connectivity index (χ3n) is 8.03. The third-order valence-corrected chi connectivity index (χ3v) is 8.03. The number of esters is 1. The maximum atomic E-state index is 12.5. The van der Waals surface area contributed by atoms with Crippen LogP contribution in [0, 0.1) is 5.92 Å². The molecule has 1 unspecified atom stereocenters. The van der Waals surface area contributed by atoms with E-state index in [0.29, 0.717) is 12.5 Å². The van der Waals surface area contributed by atoms with Gasteiger partial charge < -0.3 is 9.84 Å². The van der Waals surface area contributed by atoms with Crippen LogP contribution in [0.5, 0.6) is 0 Å². The van der Waals surface area contributed by atoms with Crippen LogP contribution in [0.15, 0.2) is 12.2 Å². The molecule has 0 heterocycles. The lowest BCUT2D eigenvalue weighted by Gasteiger charge is -2.17. The van der Waals surface area contributed by atoms with Gasteiger partial charge in [-0.05, 0) is 50.9 Å². The molecule has 3 nitrogen and oxygen atoms in total. The van der Waals surface area contributed by atoms with Crippen molar-refractivity contribution in [3.05, 3.63) is 12.2 Å². The normalized spacial score (nSPS) is 12.6. The molecule has 1 atom stereocenters. The number of hydrogen-bond donors (Lipinski definition) is 1. The average Bonchev–Trinajstić information content (AvgIpc) is 2.91. The van der Waals surface area contributed by atoms with Crippen molar-refractivity contribution in [2.24, 2.45) is 5.92 Å². The van der Waals surface area contributed by atoms with E-state index in [1.807, 2.05) is 6.08 Å². The summed E-state index contributed by atoms with van der Waals surface area (Å²) in [5.74, 6) is 0.509. The maximum absolute atomic E-state index is 12.5. The van der Waals surface area contributed by atoms with E-state index in [1.54, 1.807) is 6.08 Å². The van der Waals surface area contributed by atoms with Crippen LogP contribution in [0.25, 0.3) is 0 Å². The van der Waals surface area contributed by atoms with Crippen molar-refractivity contribution in [3.63, 3.8) is 0 Å². The summed E-state index contributed by atoms with van der Waals surface area (Å²) < 4.78 is 5.88. The van der Waals surface area contributed by atoms with Gasteiger partial charge in [0, 0.05) is 12.7 Å². The second-order valence-electron chi connectivity index (χ2n) is 11.8. The molecule has 0 aromatic heterocycles. The van der Waals surface area contributed by atoms with Crippen LogP contribution >= 0.6 is 0 Å². The van der Waals surface area contributed by atoms with Crippen LogP contribution in [0.1, 0.15) is 188 Å². The first-order valence-electron chi connectivity index (χ1n) is 17.2. The molecule has 0 aliphatic rings. The minimum absolute atomic E-state index is 0.0889. The van der Waals surface area contributed by atoms with Crippen molar-refractivity contribution < 1.29 is 14.6 Å². The van der Waals surface area contributed by atoms with E-state index in [2.05, 4.69) is 20.8 Å². The second-order valence-corrected chi connectivity index (χ2v) is 11.8. The maximum Gasteiger partial charge on any atom is 0.330 e. The van der Waals surface area contributed by atoms with Crippen molar-refractivity contribution >= 4 is 5.97 Å². The molecule has 0 saturated carbocycles. The predicted octanol–water partition coefficient (Wildman–Crippen LogP) is 11.3. The standard InChI is InChI=1S/C35H68O3/c1-4-7-10-13-14-15-18-21-26-33(31-32-36)27-22-19-20-25-30-35(37)38-34(28-23-16-11-8-5-2)29-24-17-12-9-6-3/h25,30,33-34,36H,4-24,26-29,31-32H2,1-3H3. The van der Waals surface area contributed by atoms with E-state index >= 15 is 0 Å². The molecule has 0 aromatic rings. The third kappa shape index (κ3) is 26.8. The van der Waals surface area contributed by atoms with Crippen molar-refractivity contribution in [2.45, 2.75) is 194 Å². The Labute approximate surface area is 239 Å². The molecule has 0 amide bonds. The van der Waals surface area contributed by atoms with Gasteiger partial charge >= 0.3 is 5.97 Å². The average molecular weight is 537 g/mol. The summed E-state index contributed by atoms with van der Waals surface area (Å²) in [7, 11) is 0. The molecule has 226 valence electrons. The van der Waals surface area contributed by atoms with Gasteiger partial charge in [0.1, 0.15) is 6.10 Å². The van der Waals surface area contributed by atoms with Crippen LogP contribution in [-0.4, -0.2) is 23.8 Å². The molecule has 0 aliphatic carbocycles. The van der Waals surface area contributed by atoms with Crippen LogP contribution in [0.3, 0.4) is 0 Å². The fourth-order valence-electron chi connectivity index (χ4n) is 5.47. The lowest BCUT2D eigenvalue weighted by atomic mass is 9.92. The first-order valence-corrected chi connectivity index (χ1v) is 17.2. The Balaban J connectivity index is 4.13. The summed E-state index contributed by atoms with van der Waals surface area (Å²) in [6.07, 6.45) is 36.0. The molecule has 0 aromatic carbocycles. The van der Waals surface area contributed by atoms with E-state index in [4.69, 9.17) is 4.74 Å². The Morgan fingerprint density at radius 3 is 1.47 bits per heavy atom. The Morgan fingerprint density at radius 1 is 0.579 bits per heavy atom. The Kier molecular flexibility index (Phi) is 30.0. The molecular weight excluding hydrogens is 468 g/mol. The smallest absolute Gasteiger partial charge is 0.330 e. The topological polar surface area (TPSA) is 46.5 Å². The number of allylic oxidation sites excluding steroid dienone is 1. The summed E-state index contributed by atoms with van der Waals surface area (Å²) >= 11 is 0. The lowest BCUT2D eigenvalue weighted by molar-refractivity contribution is -0.143. The number of aliphatic hydroxyl groups is 1. The molecule has 0 spiro atoms. The number of aliphatic hydroxyl groups excluding tert-OH is 1. The Morgan fingerprint density at radius 2 is 1.00 bits per heavy atom. The highest BCUT2D eigenvalue weighted by atomic mass is 16.5. The van der Waals surface area contributed by atoms with Gasteiger partial charge in [-0.25, -0.2) is 4.79 Å². The zero-order valence-corrected chi connectivity index (χ0v) is 26.2. The van der Waals surface area contributed by atoms with E-state index in [1.165, 1.54) is 135 Å². The van der Waals surface area contributed by atoms with E-state index in [-0.39, 0.29) is 12.1 Å². The van der Waals surface area contributed by atoms with Gasteiger partial charge in [0.15, 0.2) is 0 Å². The zero-order chi connectivity index (χ0) is 27.9. The van der Waals surface area contributed by atoms with Crippen molar-refractivity contribution in [3.8, 4) is 0 Å². The number of rotatable bonds is 30. The van der Waals surface area contributed by atoms with Gasteiger partial charge in [-0.15, -0.1) is 0 Å². The minimum Gasteiger partial charge on any atom is -0.459 e. The highest BCUT2D eigenvalue weighted by molar-refractivity contribution is 5.82. The number of ether oxygens (including phenoxy) is 1. The number of carbonyl (C=O) groups is 1. The van der Waals surface area contributed by atoms with E-state index in [9.17, 15) is 9.90 Å². The first-order chi connectivity index (χ1) is 18.7. The van der Waals surface area contributed by atoms with Crippen LogP contribution in [0.4, 0.5) is 0 Å². The molecule has 0 rings (SSSR count). The second kappa shape index (κ2) is 30.7. The highest BCUT2D eigenvalue weighted by Gasteiger charge is 2.13. The first kappa shape index (κ1) is 37.2. The van der Waals surface area contributed by atoms with Crippen LogP contribution in [0.2, 0.25) is 0 Å². The van der Waals surface area contributed by atoms with Crippen LogP contribution < -0.4 is 0 Å². The fraction of sp³-hybridized carbons (Fsp3) is 0.914. The minimum atomic E-state index is -0.148. The van der Waals surface area contributed by atoms with Gasteiger partial charge in [0.25, 0.3) is 0 Å². The summed E-state index contributed by atoms with van der Waals surface area (Å²) in [6, 6.07) is 0. The summed E-state index contributed by atoms with van der Waals surface area (Å²) in [5.41, 5.74) is 0. The summed E-state index contributed by atoms with van der Waals surface area (Å²) in [4.78, 5) is 12.5. The highest BCUT2D eigenvalue weighted by Crippen LogP contribution is 2.22. The van der Waals surface area contributed by atoms with Gasteiger partial charge in [-0.3, -0.25) is 0 Å². The van der Waals surface area contributed by atoms with E-state index < -0.39 is 0 Å². The fourth-order valence-corrected chi connectivity index (χ4v) is 5.47.